The van der Waals surface area contributed by atoms with Crippen molar-refractivity contribution >= 4 is 22.6 Å². The van der Waals surface area contributed by atoms with E-state index in [4.69, 9.17) is 0 Å². The van der Waals surface area contributed by atoms with E-state index in [9.17, 15) is 18.0 Å². The normalized spacial score (nSPS) is 11.3. The smallest absolute Gasteiger partial charge is 0.480 e. The Morgan fingerprint density at radius 1 is 1.47 bits per heavy atom. The molecule has 1 N–H and O–H groups in total. The van der Waals surface area contributed by atoms with Crippen LogP contribution in [-0.2, 0) is 0 Å². The van der Waals surface area contributed by atoms with Gasteiger partial charge in [0.2, 0.25) is 11.6 Å². The van der Waals surface area contributed by atoms with Crippen LogP contribution in [0.4, 0.5) is 13.2 Å². The maximum atomic E-state index is 12.0. The number of aromatic nitrogens is 1. The van der Waals surface area contributed by atoms with Crippen LogP contribution in [0.5, 0.6) is 11.6 Å². The largest absolute Gasteiger partial charge is 0.573 e. The zero-order valence-electron chi connectivity index (χ0n) is 7.31. The van der Waals surface area contributed by atoms with Gasteiger partial charge < -0.3 is 9.47 Å². The summed E-state index contributed by atoms with van der Waals surface area (Å²) in [5.74, 6) is -0.908. The number of alkyl halides is 3. The highest BCUT2D eigenvalue weighted by Crippen LogP contribution is 2.33. The molecule has 1 aromatic heterocycles. The average molecular weight is 335 g/mol. The summed E-state index contributed by atoms with van der Waals surface area (Å²) < 4.78 is 44.2. The van der Waals surface area contributed by atoms with E-state index in [1.165, 1.54) is 0 Å². The molecular formula is C7H5F3INO3. The summed E-state index contributed by atoms with van der Waals surface area (Å²) in [6.07, 6.45) is -4.83. The molecule has 0 radical (unpaired) electrons. The quantitative estimate of drug-likeness (QED) is 0.840. The zero-order chi connectivity index (χ0) is 11.6. The van der Waals surface area contributed by atoms with Crippen LogP contribution in [0.15, 0.2) is 10.9 Å². The molecule has 0 aliphatic rings. The second kappa shape index (κ2) is 4.29. The minimum atomic E-state index is -4.83. The third-order valence-electron chi connectivity index (χ3n) is 1.34. The highest BCUT2D eigenvalue weighted by molar-refractivity contribution is 14.1. The van der Waals surface area contributed by atoms with Crippen molar-refractivity contribution in [1.82, 2.24) is 4.98 Å². The number of rotatable bonds is 2. The Hall–Kier alpha value is -0.930. The van der Waals surface area contributed by atoms with Crippen molar-refractivity contribution in [2.75, 3.05) is 7.11 Å². The fourth-order valence-corrected chi connectivity index (χ4v) is 1.49. The number of aromatic amines is 1. The van der Waals surface area contributed by atoms with Gasteiger partial charge in [-0.3, -0.25) is 9.78 Å². The number of hydrogen-bond donors (Lipinski definition) is 1. The number of hydrogen-bond acceptors (Lipinski definition) is 3. The summed E-state index contributed by atoms with van der Waals surface area (Å²) in [6.45, 7) is 0. The minimum absolute atomic E-state index is 0.0190. The fourth-order valence-electron chi connectivity index (χ4n) is 0.848. The van der Waals surface area contributed by atoms with Crippen molar-refractivity contribution < 1.29 is 22.6 Å². The van der Waals surface area contributed by atoms with Crippen LogP contribution >= 0.6 is 22.6 Å². The SMILES string of the molecule is COc1[nH]c(=O)cc(I)c1OC(F)(F)F. The van der Waals surface area contributed by atoms with E-state index in [0.29, 0.717) is 0 Å². The van der Waals surface area contributed by atoms with Crippen molar-refractivity contribution in [2.24, 2.45) is 0 Å². The van der Waals surface area contributed by atoms with Gasteiger partial charge in [0.1, 0.15) is 0 Å². The van der Waals surface area contributed by atoms with Gasteiger partial charge in [0.05, 0.1) is 10.7 Å². The van der Waals surface area contributed by atoms with Crippen molar-refractivity contribution in [3.63, 3.8) is 0 Å². The summed E-state index contributed by atoms with van der Waals surface area (Å²) in [5.41, 5.74) is -0.564. The molecule has 0 saturated heterocycles. The second-order valence-corrected chi connectivity index (χ2v) is 3.55. The summed E-state index contributed by atoms with van der Waals surface area (Å²) >= 11 is 1.55. The molecular weight excluding hydrogens is 330 g/mol. The van der Waals surface area contributed by atoms with Crippen LogP contribution in [0.25, 0.3) is 0 Å². The number of pyridine rings is 1. The summed E-state index contributed by atoms with van der Waals surface area (Å²) in [6, 6.07) is 0.976. The highest BCUT2D eigenvalue weighted by atomic mass is 127. The topological polar surface area (TPSA) is 51.3 Å². The van der Waals surface area contributed by atoms with Gasteiger partial charge in [0.15, 0.2) is 0 Å². The van der Waals surface area contributed by atoms with Crippen LogP contribution in [-0.4, -0.2) is 18.5 Å². The Morgan fingerprint density at radius 3 is 2.53 bits per heavy atom. The molecule has 0 aliphatic heterocycles. The monoisotopic (exact) mass is 335 g/mol. The lowest BCUT2D eigenvalue weighted by atomic mass is 10.4. The molecule has 0 aliphatic carbocycles. The molecule has 0 amide bonds. The van der Waals surface area contributed by atoms with Crippen LogP contribution in [0.3, 0.4) is 0 Å². The highest BCUT2D eigenvalue weighted by Gasteiger charge is 2.33. The number of nitrogens with one attached hydrogen (secondary N) is 1. The molecule has 15 heavy (non-hydrogen) atoms. The van der Waals surface area contributed by atoms with Crippen LogP contribution in [0.1, 0.15) is 0 Å². The van der Waals surface area contributed by atoms with Gasteiger partial charge in [-0.1, -0.05) is 0 Å². The first-order valence-electron chi connectivity index (χ1n) is 3.56. The van der Waals surface area contributed by atoms with E-state index in [1.807, 2.05) is 0 Å². The summed E-state index contributed by atoms with van der Waals surface area (Å²) in [4.78, 5) is 13.0. The van der Waals surface area contributed by atoms with E-state index in [-0.39, 0.29) is 9.45 Å². The summed E-state index contributed by atoms with van der Waals surface area (Å²) in [5, 5.41) is 0. The van der Waals surface area contributed by atoms with Crippen LogP contribution in [0, 0.1) is 3.57 Å². The van der Waals surface area contributed by atoms with Gasteiger partial charge in [-0.25, -0.2) is 0 Å². The molecule has 0 atom stereocenters. The maximum Gasteiger partial charge on any atom is 0.573 e. The molecule has 1 heterocycles. The van der Waals surface area contributed by atoms with Crippen molar-refractivity contribution in [3.8, 4) is 11.6 Å². The molecule has 0 spiro atoms. The average Bonchev–Trinajstić information content (AvgIpc) is 2.07. The Labute approximate surface area is 95.5 Å². The lowest BCUT2D eigenvalue weighted by molar-refractivity contribution is -0.275. The first-order valence-corrected chi connectivity index (χ1v) is 4.64. The Kier molecular flexibility index (Phi) is 3.47. The lowest BCUT2D eigenvalue weighted by Gasteiger charge is -2.12. The van der Waals surface area contributed by atoms with Gasteiger partial charge >= 0.3 is 6.36 Å². The van der Waals surface area contributed by atoms with Gasteiger partial charge in [-0.05, 0) is 22.6 Å². The number of ether oxygens (including phenoxy) is 2. The van der Waals surface area contributed by atoms with Crippen LogP contribution in [0.2, 0.25) is 0 Å². The molecule has 1 aromatic rings. The standard InChI is InChI=1S/C7H5F3INO3/c1-14-6-5(15-7(8,9)10)3(11)2-4(13)12-6/h2H,1H3,(H,12,13). The maximum absolute atomic E-state index is 12.0. The van der Waals surface area contributed by atoms with E-state index in [2.05, 4.69) is 14.5 Å². The predicted octanol–water partition coefficient (Wildman–Crippen LogP) is 1.89. The van der Waals surface area contributed by atoms with Crippen molar-refractivity contribution in [2.45, 2.75) is 6.36 Å². The molecule has 0 aromatic carbocycles. The van der Waals surface area contributed by atoms with Gasteiger partial charge in [-0.15, -0.1) is 13.2 Å². The van der Waals surface area contributed by atoms with E-state index >= 15 is 0 Å². The molecule has 0 bridgehead atoms. The molecule has 0 unspecified atom stereocenters. The molecule has 1 rings (SSSR count). The predicted molar refractivity (Wildman–Crippen MR) is 53.0 cm³/mol. The van der Waals surface area contributed by atoms with E-state index in [0.717, 1.165) is 13.2 Å². The van der Waals surface area contributed by atoms with E-state index < -0.39 is 17.7 Å². The molecule has 0 saturated carbocycles. The Bertz CT molecular complexity index is 415. The number of methoxy groups -OCH3 is 1. The summed E-state index contributed by atoms with van der Waals surface area (Å²) in [7, 11) is 1.13. The van der Waals surface area contributed by atoms with Gasteiger partial charge in [-0.2, -0.15) is 0 Å². The first-order chi connectivity index (χ1) is 6.83. The number of H-pyrrole nitrogens is 1. The van der Waals surface area contributed by atoms with Gasteiger partial charge in [0, 0.05) is 6.07 Å². The molecule has 84 valence electrons. The van der Waals surface area contributed by atoms with Crippen molar-refractivity contribution in [3.05, 3.63) is 20.0 Å². The second-order valence-electron chi connectivity index (χ2n) is 2.39. The first kappa shape index (κ1) is 12.1. The third kappa shape index (κ3) is 3.29. The third-order valence-corrected chi connectivity index (χ3v) is 2.14. The number of halogens is 4. The molecule has 4 nitrogen and oxygen atoms in total. The fraction of sp³-hybridized carbons (Fsp3) is 0.286. The zero-order valence-corrected chi connectivity index (χ0v) is 9.47. The Morgan fingerprint density at radius 2 is 2.07 bits per heavy atom. The lowest BCUT2D eigenvalue weighted by Crippen LogP contribution is -2.20. The molecule has 8 heteroatoms. The minimum Gasteiger partial charge on any atom is -0.480 e. The Balaban J connectivity index is 3.21. The molecule has 0 fully saturated rings. The van der Waals surface area contributed by atoms with E-state index in [1.54, 1.807) is 22.6 Å². The van der Waals surface area contributed by atoms with Gasteiger partial charge in [0.25, 0.3) is 5.56 Å². The van der Waals surface area contributed by atoms with Crippen LogP contribution < -0.4 is 15.0 Å². The van der Waals surface area contributed by atoms with Crippen molar-refractivity contribution in [1.29, 1.82) is 0 Å².